The summed E-state index contributed by atoms with van der Waals surface area (Å²) >= 11 is 12.3. The van der Waals surface area contributed by atoms with Crippen molar-refractivity contribution in [1.29, 1.82) is 0 Å². The van der Waals surface area contributed by atoms with Crippen molar-refractivity contribution >= 4 is 29.1 Å². The molecule has 0 saturated carbocycles. The van der Waals surface area contributed by atoms with E-state index in [1.807, 2.05) is 12.1 Å². The summed E-state index contributed by atoms with van der Waals surface area (Å²) < 4.78 is 19.9. The van der Waals surface area contributed by atoms with Crippen molar-refractivity contribution in [2.75, 3.05) is 39.4 Å². The third-order valence-electron chi connectivity index (χ3n) is 7.37. The van der Waals surface area contributed by atoms with Crippen LogP contribution in [0.1, 0.15) is 24.0 Å². The number of amides is 1. The highest BCUT2D eigenvalue weighted by molar-refractivity contribution is 6.42. The quantitative estimate of drug-likeness (QED) is 0.608. The number of likely N-dealkylation sites (tertiary alicyclic amines) is 1. The Bertz CT molecular complexity index is 1030. The van der Waals surface area contributed by atoms with E-state index in [4.69, 9.17) is 27.9 Å². The Labute approximate surface area is 210 Å². The maximum atomic E-state index is 13.8. The Kier molecular flexibility index (Phi) is 7.42. The van der Waals surface area contributed by atoms with Crippen molar-refractivity contribution in [3.63, 3.8) is 0 Å². The van der Waals surface area contributed by atoms with Gasteiger partial charge in [-0.25, -0.2) is 4.39 Å². The van der Waals surface area contributed by atoms with Crippen LogP contribution < -0.4 is 0 Å². The Morgan fingerprint density at radius 3 is 2.50 bits per heavy atom. The standard InChI is InChI=1S/C26H30Cl2FN3O2/c27-21-7-6-18(13-22(21)28)14-25(33)32-11-10-31(15-19-4-3-5-20(29)12-19)24-17-34-16-23(26(24)32)30-8-1-2-9-30/h3-7,12-13,23-24,26H,1-2,8-11,14-17H2/t23-,24+,26+/m1/s1. The first-order chi connectivity index (χ1) is 16.5. The lowest BCUT2D eigenvalue weighted by molar-refractivity contribution is -0.153. The Hall–Kier alpha value is -1.70. The highest BCUT2D eigenvalue weighted by Gasteiger charge is 2.47. The first kappa shape index (κ1) is 24.0. The number of carbonyl (C=O) groups excluding carboxylic acids is 1. The van der Waals surface area contributed by atoms with Gasteiger partial charge in [0.15, 0.2) is 0 Å². The molecule has 5 nitrogen and oxygen atoms in total. The lowest BCUT2D eigenvalue weighted by Gasteiger charge is -2.54. The molecule has 2 aromatic carbocycles. The van der Waals surface area contributed by atoms with Crippen LogP contribution in [0.3, 0.4) is 0 Å². The molecule has 0 bridgehead atoms. The smallest absolute Gasteiger partial charge is 0.227 e. The molecule has 3 aliphatic heterocycles. The molecule has 3 atom stereocenters. The zero-order valence-electron chi connectivity index (χ0n) is 19.1. The van der Waals surface area contributed by atoms with Crippen molar-refractivity contribution in [2.45, 2.75) is 43.9 Å². The molecule has 182 valence electrons. The van der Waals surface area contributed by atoms with E-state index in [2.05, 4.69) is 14.7 Å². The number of hydrogen-bond donors (Lipinski definition) is 0. The highest BCUT2D eigenvalue weighted by Crippen LogP contribution is 2.31. The SMILES string of the molecule is O=C(Cc1ccc(Cl)c(Cl)c1)N1CCN(Cc2cccc(F)c2)[C@H]2COC[C@@H](N3CCCC3)[C@@H]21. The van der Waals surface area contributed by atoms with Crippen molar-refractivity contribution in [3.05, 3.63) is 69.5 Å². The molecule has 0 radical (unpaired) electrons. The van der Waals surface area contributed by atoms with Crippen LogP contribution >= 0.6 is 23.2 Å². The van der Waals surface area contributed by atoms with Crippen molar-refractivity contribution in [3.8, 4) is 0 Å². The Morgan fingerprint density at radius 1 is 0.941 bits per heavy atom. The molecule has 8 heteroatoms. The third kappa shape index (κ3) is 5.12. The molecule has 34 heavy (non-hydrogen) atoms. The topological polar surface area (TPSA) is 36.0 Å². The molecular weight excluding hydrogens is 476 g/mol. The monoisotopic (exact) mass is 505 g/mol. The maximum Gasteiger partial charge on any atom is 0.227 e. The maximum absolute atomic E-state index is 13.8. The largest absolute Gasteiger partial charge is 0.378 e. The summed E-state index contributed by atoms with van der Waals surface area (Å²) in [7, 11) is 0. The first-order valence-electron chi connectivity index (χ1n) is 12.0. The van der Waals surface area contributed by atoms with Gasteiger partial charge in [-0.05, 0) is 61.3 Å². The lowest BCUT2D eigenvalue weighted by Crippen LogP contribution is -2.71. The van der Waals surface area contributed by atoms with E-state index >= 15 is 0 Å². The van der Waals surface area contributed by atoms with Crippen LogP contribution in [0.5, 0.6) is 0 Å². The second kappa shape index (κ2) is 10.5. The van der Waals surface area contributed by atoms with Gasteiger partial charge in [0, 0.05) is 19.6 Å². The average molecular weight is 506 g/mol. The lowest BCUT2D eigenvalue weighted by atomic mass is 9.90. The summed E-state index contributed by atoms with van der Waals surface area (Å²) in [4.78, 5) is 20.5. The van der Waals surface area contributed by atoms with Gasteiger partial charge >= 0.3 is 0 Å². The summed E-state index contributed by atoms with van der Waals surface area (Å²) in [5, 5.41) is 0.952. The van der Waals surface area contributed by atoms with Crippen LogP contribution in [-0.4, -0.2) is 78.1 Å². The number of piperazine rings is 1. The number of fused-ring (bicyclic) bond motifs is 1. The van der Waals surface area contributed by atoms with Crippen LogP contribution in [0.2, 0.25) is 10.0 Å². The number of halogens is 3. The molecule has 3 aliphatic rings. The number of ether oxygens (including phenoxy) is 1. The van der Waals surface area contributed by atoms with Gasteiger partial charge in [0.1, 0.15) is 5.82 Å². The highest BCUT2D eigenvalue weighted by atomic mass is 35.5. The summed E-state index contributed by atoms with van der Waals surface area (Å²) in [6.45, 7) is 5.28. The minimum atomic E-state index is -0.223. The molecule has 1 amide bonds. The van der Waals surface area contributed by atoms with Crippen LogP contribution in [0.25, 0.3) is 0 Å². The minimum absolute atomic E-state index is 0.0319. The zero-order valence-corrected chi connectivity index (χ0v) is 20.6. The van der Waals surface area contributed by atoms with E-state index < -0.39 is 0 Å². The van der Waals surface area contributed by atoms with E-state index in [9.17, 15) is 9.18 Å². The van der Waals surface area contributed by atoms with Crippen LogP contribution in [-0.2, 0) is 22.5 Å². The summed E-state index contributed by atoms with van der Waals surface area (Å²) in [6, 6.07) is 12.4. The fourth-order valence-electron chi connectivity index (χ4n) is 5.73. The van der Waals surface area contributed by atoms with Crippen LogP contribution in [0, 0.1) is 5.82 Å². The van der Waals surface area contributed by atoms with E-state index in [0.29, 0.717) is 36.3 Å². The number of carbonyl (C=O) groups is 1. The first-order valence-corrected chi connectivity index (χ1v) is 12.8. The molecule has 0 spiro atoms. The van der Waals surface area contributed by atoms with Crippen molar-refractivity contribution in [1.82, 2.24) is 14.7 Å². The molecule has 2 aromatic rings. The van der Waals surface area contributed by atoms with E-state index in [0.717, 1.165) is 30.8 Å². The predicted octanol–water partition coefficient (Wildman–Crippen LogP) is 4.25. The van der Waals surface area contributed by atoms with E-state index in [1.165, 1.54) is 18.9 Å². The van der Waals surface area contributed by atoms with Gasteiger partial charge in [0.2, 0.25) is 5.91 Å². The predicted molar refractivity (Wildman–Crippen MR) is 132 cm³/mol. The van der Waals surface area contributed by atoms with Gasteiger partial charge in [0.25, 0.3) is 0 Å². The zero-order chi connectivity index (χ0) is 23.7. The second-order valence-corrected chi connectivity index (χ2v) is 10.3. The summed E-state index contributed by atoms with van der Waals surface area (Å²) in [6.07, 6.45) is 2.65. The Morgan fingerprint density at radius 2 is 1.74 bits per heavy atom. The molecule has 3 saturated heterocycles. The Balaban J connectivity index is 1.39. The summed E-state index contributed by atoms with van der Waals surface area (Å²) in [5.74, 6) is -0.121. The molecule has 3 heterocycles. The van der Waals surface area contributed by atoms with E-state index in [1.54, 1.807) is 24.3 Å². The number of nitrogens with zero attached hydrogens (tertiary/aromatic N) is 3. The van der Waals surface area contributed by atoms with Gasteiger partial charge in [0.05, 0.1) is 47.8 Å². The van der Waals surface area contributed by atoms with Gasteiger partial charge < -0.3 is 9.64 Å². The third-order valence-corrected chi connectivity index (χ3v) is 8.11. The second-order valence-electron chi connectivity index (χ2n) is 9.52. The van der Waals surface area contributed by atoms with Crippen molar-refractivity contribution in [2.24, 2.45) is 0 Å². The molecule has 0 unspecified atom stereocenters. The molecule has 5 rings (SSSR count). The van der Waals surface area contributed by atoms with Gasteiger partial charge in [-0.3, -0.25) is 14.6 Å². The van der Waals surface area contributed by atoms with Gasteiger partial charge in [-0.1, -0.05) is 41.4 Å². The fraction of sp³-hybridized carbons (Fsp3) is 0.500. The molecule has 0 N–H and O–H groups in total. The average Bonchev–Trinajstić information content (AvgIpc) is 3.36. The molecular formula is C26H30Cl2FN3O2. The molecule has 0 aliphatic carbocycles. The van der Waals surface area contributed by atoms with Crippen molar-refractivity contribution < 1.29 is 13.9 Å². The number of rotatable bonds is 5. The molecule has 0 aromatic heterocycles. The number of hydrogen-bond acceptors (Lipinski definition) is 4. The fourth-order valence-corrected chi connectivity index (χ4v) is 6.05. The normalized spacial score (nSPS) is 26.0. The minimum Gasteiger partial charge on any atom is -0.378 e. The van der Waals surface area contributed by atoms with E-state index in [-0.39, 0.29) is 36.3 Å². The summed E-state index contributed by atoms with van der Waals surface area (Å²) in [5.41, 5.74) is 1.81. The number of benzene rings is 2. The van der Waals surface area contributed by atoms with Crippen LogP contribution in [0.15, 0.2) is 42.5 Å². The van der Waals surface area contributed by atoms with Gasteiger partial charge in [-0.2, -0.15) is 0 Å². The molecule has 3 fully saturated rings. The van der Waals surface area contributed by atoms with Crippen LogP contribution in [0.4, 0.5) is 4.39 Å². The van der Waals surface area contributed by atoms with Gasteiger partial charge in [-0.15, -0.1) is 0 Å².